The molecule has 68 valence electrons. The number of rotatable bonds is 1. The number of hydrazine groups is 1. The van der Waals surface area contributed by atoms with Gasteiger partial charge in [0.2, 0.25) is 0 Å². The van der Waals surface area contributed by atoms with Crippen LogP contribution in [0.3, 0.4) is 0 Å². The van der Waals surface area contributed by atoms with Gasteiger partial charge in [-0.05, 0) is 12.8 Å². The molecule has 0 aromatic carbocycles. The van der Waals surface area contributed by atoms with Crippen LogP contribution in [0.25, 0.3) is 0 Å². The summed E-state index contributed by atoms with van der Waals surface area (Å²) < 4.78 is 0. The summed E-state index contributed by atoms with van der Waals surface area (Å²) in [6, 6.07) is 0.577. The Morgan fingerprint density at radius 3 is 3.17 bits per heavy atom. The summed E-state index contributed by atoms with van der Waals surface area (Å²) in [7, 11) is 0. The van der Waals surface area contributed by atoms with Crippen molar-refractivity contribution in [1.29, 1.82) is 0 Å². The molecule has 0 aromatic rings. The quantitative estimate of drug-likeness (QED) is 0.251. The lowest BCUT2D eigenvalue weighted by molar-refractivity contribution is -0.126. The summed E-state index contributed by atoms with van der Waals surface area (Å²) in [5.74, 6) is 5.03. The van der Waals surface area contributed by atoms with E-state index in [2.05, 4.69) is 15.6 Å². The molecular formula is C7H14N4O. The molecule has 4 N–H and O–H groups in total. The SMILES string of the molecule is NNC(=O)C1CCC2CN1CN2. The Balaban J connectivity index is 2.02. The van der Waals surface area contributed by atoms with E-state index < -0.39 is 0 Å². The van der Waals surface area contributed by atoms with Crippen LogP contribution in [0.2, 0.25) is 0 Å². The molecule has 12 heavy (non-hydrogen) atoms. The zero-order chi connectivity index (χ0) is 8.55. The van der Waals surface area contributed by atoms with Crippen LogP contribution in [0.15, 0.2) is 0 Å². The van der Waals surface area contributed by atoms with Crippen molar-refractivity contribution < 1.29 is 4.79 Å². The van der Waals surface area contributed by atoms with Crippen LogP contribution in [0, 0.1) is 0 Å². The topological polar surface area (TPSA) is 70.4 Å². The van der Waals surface area contributed by atoms with Gasteiger partial charge in [-0.25, -0.2) is 5.84 Å². The average Bonchev–Trinajstić information content (AvgIpc) is 2.47. The van der Waals surface area contributed by atoms with E-state index in [0.29, 0.717) is 6.04 Å². The van der Waals surface area contributed by atoms with Crippen molar-refractivity contribution in [2.45, 2.75) is 24.9 Å². The van der Waals surface area contributed by atoms with Gasteiger partial charge in [0.15, 0.2) is 0 Å². The second kappa shape index (κ2) is 3.01. The number of carbonyl (C=O) groups excluding carboxylic acids is 1. The molecule has 0 radical (unpaired) electrons. The second-order valence-electron chi connectivity index (χ2n) is 3.43. The molecule has 3 atom stereocenters. The van der Waals surface area contributed by atoms with E-state index in [4.69, 9.17) is 5.84 Å². The van der Waals surface area contributed by atoms with Crippen molar-refractivity contribution in [3.05, 3.63) is 0 Å². The average molecular weight is 170 g/mol. The highest BCUT2D eigenvalue weighted by molar-refractivity contribution is 5.81. The molecule has 0 spiro atoms. The lowest BCUT2D eigenvalue weighted by Crippen LogP contribution is -2.50. The maximum absolute atomic E-state index is 11.2. The molecule has 2 rings (SSSR count). The molecule has 3 unspecified atom stereocenters. The summed E-state index contributed by atoms with van der Waals surface area (Å²) in [5.41, 5.74) is 2.21. The van der Waals surface area contributed by atoms with E-state index in [1.54, 1.807) is 0 Å². The number of nitrogens with two attached hydrogens (primary N) is 1. The molecule has 2 fully saturated rings. The Morgan fingerprint density at radius 1 is 1.58 bits per heavy atom. The van der Waals surface area contributed by atoms with Gasteiger partial charge < -0.3 is 5.32 Å². The van der Waals surface area contributed by atoms with E-state index in [1.165, 1.54) is 0 Å². The van der Waals surface area contributed by atoms with Crippen molar-refractivity contribution in [3.63, 3.8) is 0 Å². The summed E-state index contributed by atoms with van der Waals surface area (Å²) in [5, 5.41) is 3.33. The highest BCUT2D eigenvalue weighted by atomic mass is 16.2. The molecule has 2 heterocycles. The maximum Gasteiger partial charge on any atom is 0.251 e. The third kappa shape index (κ3) is 1.20. The van der Waals surface area contributed by atoms with Crippen LogP contribution in [-0.4, -0.2) is 36.1 Å². The fourth-order valence-corrected chi connectivity index (χ4v) is 2.02. The van der Waals surface area contributed by atoms with Crippen molar-refractivity contribution >= 4 is 5.91 Å². The molecule has 5 nitrogen and oxygen atoms in total. The van der Waals surface area contributed by atoms with Gasteiger partial charge in [0.05, 0.1) is 6.04 Å². The highest BCUT2D eigenvalue weighted by Gasteiger charge is 2.36. The van der Waals surface area contributed by atoms with E-state index >= 15 is 0 Å². The highest BCUT2D eigenvalue weighted by Crippen LogP contribution is 2.20. The van der Waals surface area contributed by atoms with Crippen molar-refractivity contribution in [3.8, 4) is 0 Å². The molecule has 2 bridgehead atoms. The fourth-order valence-electron chi connectivity index (χ4n) is 2.02. The summed E-state index contributed by atoms with van der Waals surface area (Å²) >= 11 is 0. The third-order valence-corrected chi connectivity index (χ3v) is 2.71. The number of hydrogen-bond acceptors (Lipinski definition) is 4. The van der Waals surface area contributed by atoms with Crippen LogP contribution in [-0.2, 0) is 4.79 Å². The second-order valence-corrected chi connectivity index (χ2v) is 3.43. The van der Waals surface area contributed by atoms with Gasteiger partial charge in [0, 0.05) is 19.3 Å². The Bertz CT molecular complexity index is 196. The minimum absolute atomic E-state index is 0.0127. The maximum atomic E-state index is 11.2. The van der Waals surface area contributed by atoms with Gasteiger partial charge in [-0.2, -0.15) is 0 Å². The van der Waals surface area contributed by atoms with Gasteiger partial charge in [0.1, 0.15) is 0 Å². The van der Waals surface area contributed by atoms with Crippen LogP contribution in [0.4, 0.5) is 0 Å². The van der Waals surface area contributed by atoms with Crippen molar-refractivity contribution in [1.82, 2.24) is 15.6 Å². The van der Waals surface area contributed by atoms with E-state index in [-0.39, 0.29) is 11.9 Å². The summed E-state index contributed by atoms with van der Waals surface area (Å²) in [6.07, 6.45) is 2.00. The minimum Gasteiger partial charge on any atom is -0.300 e. The number of carbonyl (C=O) groups is 1. The Kier molecular flexibility index (Phi) is 2.00. The Labute approximate surface area is 71.2 Å². The molecule has 2 aliphatic heterocycles. The van der Waals surface area contributed by atoms with Crippen LogP contribution in [0.5, 0.6) is 0 Å². The first-order chi connectivity index (χ1) is 5.81. The zero-order valence-corrected chi connectivity index (χ0v) is 6.92. The first kappa shape index (κ1) is 7.97. The number of piperidine rings is 1. The first-order valence-electron chi connectivity index (χ1n) is 4.29. The van der Waals surface area contributed by atoms with E-state index in [9.17, 15) is 4.79 Å². The van der Waals surface area contributed by atoms with Gasteiger partial charge in [-0.15, -0.1) is 0 Å². The summed E-state index contributed by atoms with van der Waals surface area (Å²) in [6.45, 7) is 1.81. The third-order valence-electron chi connectivity index (χ3n) is 2.71. The predicted octanol–water partition coefficient (Wildman–Crippen LogP) is -1.63. The Hall–Kier alpha value is -0.650. The predicted molar refractivity (Wildman–Crippen MR) is 43.8 cm³/mol. The molecule has 5 heteroatoms. The molecule has 0 saturated carbocycles. The standard InChI is InChI=1S/C7H14N4O/c8-10-7(12)6-2-1-5-3-11(6)4-9-5/h5-6,9H,1-4,8H2,(H,10,12). The van der Waals surface area contributed by atoms with Crippen LogP contribution >= 0.6 is 0 Å². The molecule has 2 saturated heterocycles. The molecule has 0 aromatic heterocycles. The lowest BCUT2D eigenvalue weighted by atomic mass is 10.0. The lowest BCUT2D eigenvalue weighted by Gasteiger charge is -2.29. The van der Waals surface area contributed by atoms with Gasteiger partial charge in [0.25, 0.3) is 5.91 Å². The van der Waals surface area contributed by atoms with E-state index in [1.807, 2.05) is 0 Å². The normalized spacial score (nSPS) is 39.6. The number of amides is 1. The Morgan fingerprint density at radius 2 is 2.42 bits per heavy atom. The number of fused-ring (bicyclic) bond motifs is 2. The summed E-state index contributed by atoms with van der Waals surface area (Å²) in [4.78, 5) is 13.4. The molecule has 2 aliphatic rings. The molecule has 0 aliphatic carbocycles. The van der Waals surface area contributed by atoms with Gasteiger partial charge in [-0.3, -0.25) is 15.1 Å². The van der Waals surface area contributed by atoms with Crippen molar-refractivity contribution in [2.24, 2.45) is 5.84 Å². The van der Waals surface area contributed by atoms with Gasteiger partial charge >= 0.3 is 0 Å². The smallest absolute Gasteiger partial charge is 0.251 e. The van der Waals surface area contributed by atoms with Crippen molar-refractivity contribution in [2.75, 3.05) is 13.2 Å². The van der Waals surface area contributed by atoms with E-state index in [0.717, 1.165) is 26.1 Å². The largest absolute Gasteiger partial charge is 0.300 e. The number of hydrogen-bond donors (Lipinski definition) is 3. The number of nitrogens with zero attached hydrogens (tertiary/aromatic N) is 1. The number of nitrogens with one attached hydrogen (secondary N) is 2. The van der Waals surface area contributed by atoms with Crippen LogP contribution in [0.1, 0.15) is 12.8 Å². The van der Waals surface area contributed by atoms with Gasteiger partial charge in [-0.1, -0.05) is 0 Å². The zero-order valence-electron chi connectivity index (χ0n) is 6.92. The minimum atomic E-state index is -0.0582. The monoisotopic (exact) mass is 170 g/mol. The molecular weight excluding hydrogens is 156 g/mol. The fraction of sp³-hybridized carbons (Fsp3) is 0.857. The first-order valence-corrected chi connectivity index (χ1v) is 4.29. The molecule has 1 amide bonds. The van der Waals surface area contributed by atoms with Crippen LogP contribution < -0.4 is 16.6 Å².